The van der Waals surface area contributed by atoms with Crippen molar-refractivity contribution in [1.82, 2.24) is 0 Å². The molecular weight excluding hydrogens is 384 g/mol. The van der Waals surface area contributed by atoms with E-state index < -0.39 is 5.97 Å². The van der Waals surface area contributed by atoms with Crippen molar-refractivity contribution in [3.05, 3.63) is 23.3 Å². The van der Waals surface area contributed by atoms with E-state index in [4.69, 9.17) is 5.11 Å². The fraction of sp³-hybridized carbons (Fsp3) is 0.792. The summed E-state index contributed by atoms with van der Waals surface area (Å²) in [5.41, 5.74) is 2.81. The van der Waals surface area contributed by atoms with Crippen molar-refractivity contribution >= 4 is 29.5 Å². The normalized spacial score (nSPS) is 14.2. The second kappa shape index (κ2) is 17.5. The standard InChI is InChI=1S/C24H44O2S2/c1-19(2)9-7-11-21(5)15-17-27-24(14-13-23(25)26)28-18-16-22(6)12-8-10-20(3)4/h9-10,21-22,24H,7-8,11-18H2,1-6H3,(H,25,26). The maximum atomic E-state index is 11.0. The van der Waals surface area contributed by atoms with Crippen LogP contribution in [0.15, 0.2) is 23.3 Å². The molecule has 0 saturated heterocycles. The molecule has 28 heavy (non-hydrogen) atoms. The highest BCUT2D eigenvalue weighted by atomic mass is 32.2. The molecule has 0 saturated carbocycles. The molecule has 0 rings (SSSR count). The van der Waals surface area contributed by atoms with Crippen LogP contribution >= 0.6 is 23.5 Å². The second-order valence-corrected chi connectivity index (χ2v) is 11.5. The van der Waals surface area contributed by atoms with Crippen molar-refractivity contribution in [1.29, 1.82) is 0 Å². The summed E-state index contributed by atoms with van der Waals surface area (Å²) in [4.78, 5) is 11.0. The molecule has 2 unspecified atom stereocenters. The number of allylic oxidation sites excluding steroid dienone is 4. The summed E-state index contributed by atoms with van der Waals surface area (Å²) in [6.07, 6.45) is 13.0. The molecule has 0 bridgehead atoms. The van der Waals surface area contributed by atoms with E-state index in [-0.39, 0.29) is 6.42 Å². The van der Waals surface area contributed by atoms with Gasteiger partial charge in [0.15, 0.2) is 0 Å². The maximum Gasteiger partial charge on any atom is 0.303 e. The molecule has 1 N–H and O–H groups in total. The van der Waals surface area contributed by atoms with Crippen LogP contribution in [0.3, 0.4) is 0 Å². The van der Waals surface area contributed by atoms with E-state index in [0.29, 0.717) is 4.58 Å². The van der Waals surface area contributed by atoms with E-state index in [2.05, 4.69) is 53.7 Å². The van der Waals surface area contributed by atoms with Crippen LogP contribution in [0, 0.1) is 11.8 Å². The Kier molecular flexibility index (Phi) is 17.3. The first-order valence-corrected chi connectivity index (χ1v) is 13.0. The van der Waals surface area contributed by atoms with Crippen LogP contribution in [0.25, 0.3) is 0 Å². The number of carboxylic acid groups (broad SMARTS) is 1. The van der Waals surface area contributed by atoms with Crippen molar-refractivity contribution in [2.24, 2.45) is 11.8 Å². The quantitative estimate of drug-likeness (QED) is 0.187. The molecule has 2 atom stereocenters. The van der Waals surface area contributed by atoms with Gasteiger partial charge in [-0.15, -0.1) is 23.5 Å². The Morgan fingerprint density at radius 2 is 1.21 bits per heavy atom. The third-order valence-electron chi connectivity index (χ3n) is 4.85. The minimum Gasteiger partial charge on any atom is -0.481 e. The molecule has 164 valence electrons. The van der Waals surface area contributed by atoms with Crippen LogP contribution < -0.4 is 0 Å². The molecule has 0 aromatic heterocycles. The van der Waals surface area contributed by atoms with Crippen LogP contribution in [-0.4, -0.2) is 27.2 Å². The van der Waals surface area contributed by atoms with Gasteiger partial charge in [0.2, 0.25) is 0 Å². The monoisotopic (exact) mass is 428 g/mol. The Balaban J connectivity index is 4.15. The van der Waals surface area contributed by atoms with Gasteiger partial charge in [-0.3, -0.25) is 4.79 Å². The predicted octanol–water partition coefficient (Wildman–Crippen LogP) is 8.19. The largest absolute Gasteiger partial charge is 0.481 e. The zero-order valence-corrected chi connectivity index (χ0v) is 20.8. The van der Waals surface area contributed by atoms with Crippen molar-refractivity contribution in [3.63, 3.8) is 0 Å². The van der Waals surface area contributed by atoms with E-state index in [0.717, 1.165) is 29.8 Å². The molecule has 0 amide bonds. The maximum absolute atomic E-state index is 11.0. The lowest BCUT2D eigenvalue weighted by atomic mass is 10.0. The first kappa shape index (κ1) is 27.6. The number of hydrogen-bond acceptors (Lipinski definition) is 3. The van der Waals surface area contributed by atoms with Crippen LogP contribution in [0.1, 0.15) is 92.9 Å². The average Bonchev–Trinajstić information content (AvgIpc) is 2.58. The molecule has 0 fully saturated rings. The van der Waals surface area contributed by atoms with Gasteiger partial charge < -0.3 is 5.11 Å². The SMILES string of the molecule is CC(C)=CCCC(C)CCSC(CCC(=O)O)SCCC(C)CCC=C(C)C. The lowest BCUT2D eigenvalue weighted by molar-refractivity contribution is -0.137. The first-order chi connectivity index (χ1) is 13.2. The summed E-state index contributed by atoms with van der Waals surface area (Å²) in [5, 5.41) is 9.04. The molecule has 0 heterocycles. The van der Waals surface area contributed by atoms with Gasteiger partial charge in [0, 0.05) is 6.42 Å². The van der Waals surface area contributed by atoms with Crippen molar-refractivity contribution < 1.29 is 9.90 Å². The van der Waals surface area contributed by atoms with Crippen molar-refractivity contribution in [2.75, 3.05) is 11.5 Å². The third-order valence-corrected chi connectivity index (χ3v) is 7.82. The summed E-state index contributed by atoms with van der Waals surface area (Å²) in [6.45, 7) is 13.3. The van der Waals surface area contributed by atoms with Gasteiger partial charge in [0.25, 0.3) is 0 Å². The number of carboxylic acids is 1. The second-order valence-electron chi connectivity index (χ2n) is 8.61. The molecule has 0 spiro atoms. The Labute approximate surface area is 183 Å². The summed E-state index contributed by atoms with van der Waals surface area (Å²) in [6, 6.07) is 0. The molecule has 0 aliphatic carbocycles. The first-order valence-electron chi connectivity index (χ1n) is 10.9. The Bertz CT molecular complexity index is 429. The fourth-order valence-corrected chi connectivity index (χ4v) is 5.99. The zero-order valence-electron chi connectivity index (χ0n) is 19.1. The molecule has 2 nitrogen and oxygen atoms in total. The van der Waals surface area contributed by atoms with Crippen LogP contribution in [-0.2, 0) is 4.79 Å². The topological polar surface area (TPSA) is 37.3 Å². The predicted molar refractivity (Wildman–Crippen MR) is 130 cm³/mol. The lowest BCUT2D eigenvalue weighted by Gasteiger charge is -2.18. The van der Waals surface area contributed by atoms with Crippen LogP contribution in [0.4, 0.5) is 0 Å². The number of aliphatic carboxylic acids is 1. The van der Waals surface area contributed by atoms with Crippen molar-refractivity contribution in [3.8, 4) is 0 Å². The van der Waals surface area contributed by atoms with Gasteiger partial charge in [0.1, 0.15) is 0 Å². The molecular formula is C24H44O2S2. The number of hydrogen-bond donors (Lipinski definition) is 1. The highest BCUT2D eigenvalue weighted by molar-refractivity contribution is 8.17. The third kappa shape index (κ3) is 19.0. The summed E-state index contributed by atoms with van der Waals surface area (Å²) in [5.74, 6) is 3.09. The zero-order chi connectivity index (χ0) is 21.4. The van der Waals surface area contributed by atoms with Crippen molar-refractivity contribution in [2.45, 2.75) is 97.5 Å². The molecule has 0 aromatic carbocycles. The fourth-order valence-electron chi connectivity index (χ4n) is 2.86. The van der Waals surface area contributed by atoms with Gasteiger partial charge in [-0.05, 0) is 96.0 Å². The molecule has 0 aliphatic rings. The molecule has 4 heteroatoms. The van der Waals surface area contributed by atoms with E-state index in [1.807, 2.05) is 23.5 Å². The highest BCUT2D eigenvalue weighted by Gasteiger charge is 2.14. The lowest BCUT2D eigenvalue weighted by Crippen LogP contribution is -2.07. The Hall–Kier alpha value is -0.350. The number of carbonyl (C=O) groups is 1. The van der Waals surface area contributed by atoms with Gasteiger partial charge in [0.05, 0.1) is 4.58 Å². The number of rotatable bonds is 17. The van der Waals surface area contributed by atoms with Gasteiger partial charge >= 0.3 is 5.97 Å². The molecule has 0 aliphatic heterocycles. The summed E-state index contributed by atoms with van der Waals surface area (Å²) in [7, 11) is 0. The highest BCUT2D eigenvalue weighted by Crippen LogP contribution is 2.31. The van der Waals surface area contributed by atoms with E-state index in [9.17, 15) is 4.79 Å². The number of thioether (sulfide) groups is 2. The van der Waals surface area contributed by atoms with E-state index in [1.54, 1.807) is 0 Å². The Morgan fingerprint density at radius 3 is 1.57 bits per heavy atom. The smallest absolute Gasteiger partial charge is 0.303 e. The summed E-state index contributed by atoms with van der Waals surface area (Å²) >= 11 is 3.96. The Morgan fingerprint density at radius 1 is 0.786 bits per heavy atom. The minimum atomic E-state index is -0.670. The van der Waals surface area contributed by atoms with Gasteiger partial charge in [-0.1, -0.05) is 37.1 Å². The summed E-state index contributed by atoms with van der Waals surface area (Å²) < 4.78 is 0.422. The molecule has 0 radical (unpaired) electrons. The van der Waals surface area contributed by atoms with Gasteiger partial charge in [-0.25, -0.2) is 0 Å². The molecule has 0 aromatic rings. The minimum absolute atomic E-state index is 0.289. The van der Waals surface area contributed by atoms with E-state index in [1.165, 1.54) is 49.7 Å². The van der Waals surface area contributed by atoms with E-state index >= 15 is 0 Å². The average molecular weight is 429 g/mol. The van der Waals surface area contributed by atoms with Crippen LogP contribution in [0.5, 0.6) is 0 Å². The van der Waals surface area contributed by atoms with Gasteiger partial charge in [-0.2, -0.15) is 0 Å². The van der Waals surface area contributed by atoms with Crippen LogP contribution in [0.2, 0.25) is 0 Å².